The molecule has 0 radical (unpaired) electrons. The first-order valence-corrected chi connectivity index (χ1v) is 10.6. The van der Waals surface area contributed by atoms with E-state index in [1.807, 2.05) is 78.9 Å². The molecule has 33 heavy (non-hydrogen) atoms. The summed E-state index contributed by atoms with van der Waals surface area (Å²) < 4.78 is 11.7. The minimum Gasteiger partial charge on any atom is -0.424 e. The molecule has 0 spiro atoms. The Morgan fingerprint density at radius 3 is 2.00 bits per heavy atom. The highest BCUT2D eigenvalue weighted by atomic mass is 16.5. The summed E-state index contributed by atoms with van der Waals surface area (Å²) in [6.45, 7) is 6.41. The number of nitrogens with one attached hydrogen (secondary N) is 1. The molecular formula is C26H26N4O3. The van der Waals surface area contributed by atoms with Gasteiger partial charge >= 0.3 is 12.0 Å². The number of hydrogen-bond acceptors (Lipinski definition) is 7. The van der Waals surface area contributed by atoms with Crippen LogP contribution in [0.5, 0.6) is 23.5 Å². The molecule has 7 heteroatoms. The van der Waals surface area contributed by atoms with Crippen molar-refractivity contribution in [2.45, 2.75) is 32.8 Å². The van der Waals surface area contributed by atoms with Gasteiger partial charge in [0.1, 0.15) is 11.5 Å². The average Bonchev–Trinajstić information content (AvgIpc) is 2.79. The molecule has 0 unspecified atom stereocenters. The van der Waals surface area contributed by atoms with E-state index in [1.165, 1.54) is 5.56 Å². The van der Waals surface area contributed by atoms with Crippen molar-refractivity contribution in [2.24, 2.45) is 0 Å². The molecule has 2 N–H and O–H groups in total. The van der Waals surface area contributed by atoms with Gasteiger partial charge in [0.05, 0.1) is 6.61 Å². The molecule has 0 bridgehead atoms. The van der Waals surface area contributed by atoms with Crippen LogP contribution in [-0.4, -0.2) is 20.1 Å². The van der Waals surface area contributed by atoms with E-state index in [0.717, 1.165) is 11.3 Å². The van der Waals surface area contributed by atoms with E-state index >= 15 is 0 Å². The van der Waals surface area contributed by atoms with Crippen LogP contribution in [0.4, 0.5) is 11.6 Å². The van der Waals surface area contributed by atoms with Crippen LogP contribution in [0.2, 0.25) is 0 Å². The molecule has 0 aliphatic carbocycles. The summed E-state index contributed by atoms with van der Waals surface area (Å²) in [6.07, 6.45) is 0. The van der Waals surface area contributed by atoms with Gasteiger partial charge in [-0.2, -0.15) is 9.97 Å². The Kier molecular flexibility index (Phi) is 6.51. The zero-order valence-corrected chi connectivity index (χ0v) is 18.8. The van der Waals surface area contributed by atoms with Gasteiger partial charge in [-0.05, 0) is 52.9 Å². The molecule has 0 amide bonds. The molecule has 0 aliphatic heterocycles. The number of ether oxygens (including phenoxy) is 2. The van der Waals surface area contributed by atoms with E-state index in [2.05, 4.69) is 41.0 Å². The normalized spacial score (nSPS) is 11.2. The van der Waals surface area contributed by atoms with Crippen molar-refractivity contribution in [1.82, 2.24) is 15.0 Å². The van der Waals surface area contributed by atoms with E-state index in [0.29, 0.717) is 11.5 Å². The van der Waals surface area contributed by atoms with Crippen molar-refractivity contribution in [2.75, 3.05) is 5.32 Å². The van der Waals surface area contributed by atoms with Crippen molar-refractivity contribution in [3.8, 4) is 23.5 Å². The molecule has 0 saturated carbocycles. The topological polar surface area (TPSA) is 89.4 Å². The SMILES string of the molecule is CC(C)(C)c1ccc(Oc2nc(Nc3cccc(CO)c3)nc(Oc3ccccc3)n2)cc1. The fourth-order valence-corrected chi connectivity index (χ4v) is 3.08. The maximum absolute atomic E-state index is 9.41. The molecule has 0 fully saturated rings. The number of anilines is 2. The van der Waals surface area contributed by atoms with E-state index in [-0.39, 0.29) is 30.0 Å². The standard InChI is InChI=1S/C26H26N4O3/c1-26(2,3)19-12-14-22(15-13-19)33-25-29-23(27-20-9-7-8-18(16-20)17-31)28-24(30-25)32-21-10-5-4-6-11-21/h4-16,31H,17H2,1-3H3,(H,27,28,29,30). The van der Waals surface area contributed by atoms with Crippen LogP contribution in [0.3, 0.4) is 0 Å². The van der Waals surface area contributed by atoms with E-state index in [9.17, 15) is 5.11 Å². The molecule has 1 aromatic heterocycles. The quantitative estimate of drug-likeness (QED) is 0.363. The van der Waals surface area contributed by atoms with Gasteiger partial charge in [0.15, 0.2) is 0 Å². The lowest BCUT2D eigenvalue weighted by Crippen LogP contribution is -2.10. The lowest BCUT2D eigenvalue weighted by atomic mass is 9.87. The second kappa shape index (κ2) is 9.67. The van der Waals surface area contributed by atoms with Gasteiger partial charge in [0, 0.05) is 5.69 Å². The second-order valence-electron chi connectivity index (χ2n) is 8.50. The van der Waals surface area contributed by atoms with Crippen LogP contribution >= 0.6 is 0 Å². The molecule has 7 nitrogen and oxygen atoms in total. The third kappa shape index (κ3) is 6.05. The number of nitrogens with zero attached hydrogens (tertiary/aromatic N) is 3. The zero-order chi connectivity index (χ0) is 23.3. The number of aliphatic hydroxyl groups is 1. The van der Waals surface area contributed by atoms with Crippen molar-refractivity contribution in [3.63, 3.8) is 0 Å². The van der Waals surface area contributed by atoms with Crippen LogP contribution in [-0.2, 0) is 12.0 Å². The molecule has 4 aromatic rings. The first-order chi connectivity index (χ1) is 15.9. The number of aromatic nitrogens is 3. The molecule has 1 heterocycles. The van der Waals surface area contributed by atoms with Crippen molar-refractivity contribution >= 4 is 11.6 Å². The highest BCUT2D eigenvalue weighted by molar-refractivity contribution is 5.54. The molecule has 3 aromatic carbocycles. The van der Waals surface area contributed by atoms with Crippen molar-refractivity contribution in [1.29, 1.82) is 0 Å². The number of aliphatic hydroxyl groups excluding tert-OH is 1. The lowest BCUT2D eigenvalue weighted by Gasteiger charge is -2.19. The summed E-state index contributed by atoms with van der Waals surface area (Å²) in [5.41, 5.74) is 2.73. The summed E-state index contributed by atoms with van der Waals surface area (Å²) in [4.78, 5) is 13.1. The fourth-order valence-electron chi connectivity index (χ4n) is 3.08. The Bertz CT molecular complexity index is 1210. The van der Waals surface area contributed by atoms with Crippen LogP contribution in [0.1, 0.15) is 31.9 Å². The Morgan fingerprint density at radius 1 is 0.758 bits per heavy atom. The minimum atomic E-state index is -0.0615. The minimum absolute atomic E-state index is 0.0442. The maximum Gasteiger partial charge on any atom is 0.330 e. The summed E-state index contributed by atoms with van der Waals surface area (Å²) in [7, 11) is 0. The highest BCUT2D eigenvalue weighted by Gasteiger charge is 2.15. The first kappa shape index (κ1) is 22.2. The van der Waals surface area contributed by atoms with Crippen LogP contribution in [0.25, 0.3) is 0 Å². The number of benzene rings is 3. The van der Waals surface area contributed by atoms with Crippen LogP contribution < -0.4 is 14.8 Å². The van der Waals surface area contributed by atoms with Crippen molar-refractivity contribution < 1.29 is 14.6 Å². The molecule has 0 aliphatic rings. The Hall–Kier alpha value is -3.97. The largest absolute Gasteiger partial charge is 0.424 e. The van der Waals surface area contributed by atoms with E-state index in [4.69, 9.17) is 9.47 Å². The van der Waals surface area contributed by atoms with Gasteiger partial charge in [0.25, 0.3) is 0 Å². The van der Waals surface area contributed by atoms with Crippen LogP contribution in [0, 0.1) is 0 Å². The van der Waals surface area contributed by atoms with Gasteiger partial charge in [-0.1, -0.05) is 63.2 Å². The number of hydrogen-bond donors (Lipinski definition) is 2. The Labute approximate surface area is 193 Å². The Balaban J connectivity index is 1.63. The first-order valence-electron chi connectivity index (χ1n) is 10.6. The summed E-state index contributed by atoms with van der Waals surface area (Å²) >= 11 is 0. The van der Waals surface area contributed by atoms with Gasteiger partial charge in [0.2, 0.25) is 5.95 Å². The van der Waals surface area contributed by atoms with Gasteiger partial charge in [-0.25, -0.2) is 0 Å². The van der Waals surface area contributed by atoms with E-state index in [1.54, 1.807) is 0 Å². The van der Waals surface area contributed by atoms with Crippen molar-refractivity contribution in [3.05, 3.63) is 90.0 Å². The average molecular weight is 443 g/mol. The Morgan fingerprint density at radius 2 is 1.39 bits per heavy atom. The molecule has 4 rings (SSSR count). The van der Waals surface area contributed by atoms with E-state index < -0.39 is 0 Å². The van der Waals surface area contributed by atoms with Crippen LogP contribution in [0.15, 0.2) is 78.9 Å². The zero-order valence-electron chi connectivity index (χ0n) is 18.8. The second-order valence-corrected chi connectivity index (χ2v) is 8.50. The van der Waals surface area contributed by atoms with Gasteiger partial charge in [-0.15, -0.1) is 4.98 Å². The number of para-hydroxylation sites is 1. The fraction of sp³-hybridized carbons (Fsp3) is 0.192. The maximum atomic E-state index is 9.41. The molecule has 168 valence electrons. The molecule has 0 saturated heterocycles. The summed E-state index contributed by atoms with van der Waals surface area (Å²) in [6, 6.07) is 24.6. The number of rotatable bonds is 7. The monoisotopic (exact) mass is 442 g/mol. The lowest BCUT2D eigenvalue weighted by molar-refractivity contribution is 0.282. The summed E-state index contributed by atoms with van der Waals surface area (Å²) in [5, 5.41) is 12.5. The third-order valence-corrected chi connectivity index (χ3v) is 4.84. The molecular weight excluding hydrogens is 416 g/mol. The smallest absolute Gasteiger partial charge is 0.330 e. The summed E-state index contributed by atoms with van der Waals surface area (Å²) in [5.74, 6) is 1.46. The predicted molar refractivity (Wildman–Crippen MR) is 127 cm³/mol. The highest BCUT2D eigenvalue weighted by Crippen LogP contribution is 2.28. The predicted octanol–water partition coefficient (Wildman–Crippen LogP) is 5.99. The van der Waals surface area contributed by atoms with Gasteiger partial charge in [-0.3, -0.25) is 0 Å². The molecule has 0 atom stereocenters. The third-order valence-electron chi connectivity index (χ3n) is 4.84. The van der Waals surface area contributed by atoms with Gasteiger partial charge < -0.3 is 19.9 Å².